The molecule has 0 heterocycles. The Labute approximate surface area is 207 Å². The quantitative estimate of drug-likeness (QED) is 0.412. The van der Waals surface area contributed by atoms with Crippen LogP contribution in [-0.2, 0) is 14.8 Å². The van der Waals surface area contributed by atoms with E-state index in [1.165, 1.54) is 0 Å². The molecule has 5 nitrogen and oxygen atoms in total. The molecular weight excluding hydrogens is 468 g/mol. The second kappa shape index (κ2) is 10.6. The SMILES string of the molecule is CCC(NC(=O)CN(c1cccc(Cl)c1C)S(=O)(=O)c1ccc(C)cc1)c1ccc(C)cc1C. The predicted octanol–water partition coefficient (Wildman–Crippen LogP) is 6.04. The summed E-state index contributed by atoms with van der Waals surface area (Å²) in [7, 11) is -4.01. The van der Waals surface area contributed by atoms with Crippen molar-refractivity contribution in [3.63, 3.8) is 0 Å². The summed E-state index contributed by atoms with van der Waals surface area (Å²) in [5.41, 5.74) is 5.17. The highest BCUT2D eigenvalue weighted by Gasteiger charge is 2.29. The normalized spacial score (nSPS) is 12.3. The summed E-state index contributed by atoms with van der Waals surface area (Å²) in [5, 5.41) is 3.47. The van der Waals surface area contributed by atoms with Gasteiger partial charge < -0.3 is 5.32 Å². The van der Waals surface area contributed by atoms with Gasteiger partial charge in [-0.05, 0) is 75.1 Å². The Morgan fingerprint density at radius 2 is 1.62 bits per heavy atom. The smallest absolute Gasteiger partial charge is 0.264 e. The zero-order chi connectivity index (χ0) is 25.0. The maximum atomic E-state index is 13.7. The van der Waals surface area contributed by atoms with Gasteiger partial charge in [-0.3, -0.25) is 9.10 Å². The average molecular weight is 499 g/mol. The number of sulfonamides is 1. The molecule has 0 spiro atoms. The van der Waals surface area contributed by atoms with Crippen molar-refractivity contribution in [3.05, 3.63) is 93.5 Å². The van der Waals surface area contributed by atoms with Crippen LogP contribution in [0.3, 0.4) is 0 Å². The molecule has 7 heteroatoms. The van der Waals surface area contributed by atoms with Gasteiger partial charge in [0.25, 0.3) is 10.0 Å². The van der Waals surface area contributed by atoms with Gasteiger partial charge in [0.05, 0.1) is 16.6 Å². The Bertz CT molecular complexity index is 1290. The second-order valence-electron chi connectivity index (χ2n) is 8.60. The predicted molar refractivity (Wildman–Crippen MR) is 139 cm³/mol. The summed E-state index contributed by atoms with van der Waals surface area (Å²) in [6.45, 7) is 9.31. The second-order valence-corrected chi connectivity index (χ2v) is 10.9. The van der Waals surface area contributed by atoms with Crippen LogP contribution in [0.25, 0.3) is 0 Å². The first-order valence-electron chi connectivity index (χ1n) is 11.3. The van der Waals surface area contributed by atoms with Gasteiger partial charge in [0.1, 0.15) is 6.54 Å². The van der Waals surface area contributed by atoms with Gasteiger partial charge in [0.2, 0.25) is 5.91 Å². The zero-order valence-electron chi connectivity index (χ0n) is 20.2. The number of nitrogens with zero attached hydrogens (tertiary/aromatic N) is 1. The fourth-order valence-corrected chi connectivity index (χ4v) is 5.64. The molecule has 0 aliphatic carbocycles. The Balaban J connectivity index is 1.97. The maximum Gasteiger partial charge on any atom is 0.264 e. The van der Waals surface area contributed by atoms with E-state index < -0.39 is 10.0 Å². The van der Waals surface area contributed by atoms with Crippen LogP contribution in [0.15, 0.2) is 65.6 Å². The number of amides is 1. The number of benzene rings is 3. The number of hydrogen-bond donors (Lipinski definition) is 1. The molecule has 1 N–H and O–H groups in total. The third kappa shape index (κ3) is 5.62. The van der Waals surface area contributed by atoms with Crippen molar-refractivity contribution in [2.45, 2.75) is 52.0 Å². The highest BCUT2D eigenvalue weighted by atomic mass is 35.5. The summed E-state index contributed by atoms with van der Waals surface area (Å²) in [6, 6.07) is 17.5. The molecule has 1 amide bonds. The van der Waals surface area contributed by atoms with Crippen LogP contribution in [0.2, 0.25) is 5.02 Å². The summed E-state index contributed by atoms with van der Waals surface area (Å²) >= 11 is 6.31. The molecule has 1 unspecified atom stereocenters. The minimum Gasteiger partial charge on any atom is -0.348 e. The van der Waals surface area contributed by atoms with Gasteiger partial charge >= 0.3 is 0 Å². The lowest BCUT2D eigenvalue weighted by atomic mass is 9.97. The molecule has 3 rings (SSSR count). The largest absolute Gasteiger partial charge is 0.348 e. The Kier molecular flexibility index (Phi) is 8.05. The van der Waals surface area contributed by atoms with E-state index in [1.807, 2.05) is 39.8 Å². The number of carbonyl (C=O) groups excluding carboxylic acids is 1. The van der Waals surface area contributed by atoms with E-state index in [0.29, 0.717) is 22.7 Å². The topological polar surface area (TPSA) is 66.5 Å². The van der Waals surface area contributed by atoms with Gasteiger partial charge in [-0.25, -0.2) is 8.42 Å². The minimum absolute atomic E-state index is 0.117. The van der Waals surface area contributed by atoms with Crippen LogP contribution in [-0.4, -0.2) is 20.9 Å². The molecule has 3 aromatic rings. The number of halogens is 1. The standard InChI is InChI=1S/C27H31ClN2O3S/c1-6-25(23-15-12-19(3)16-20(23)4)29-27(31)17-30(26-9-7-8-24(28)21(26)5)34(32,33)22-13-10-18(2)11-14-22/h7-16,25H,6,17H2,1-5H3,(H,29,31). The number of anilines is 1. The molecule has 180 valence electrons. The third-order valence-electron chi connectivity index (χ3n) is 5.95. The van der Waals surface area contributed by atoms with Crippen LogP contribution in [0.4, 0.5) is 5.69 Å². The van der Waals surface area contributed by atoms with Gasteiger partial charge in [0, 0.05) is 5.02 Å². The number of rotatable bonds is 8. The lowest BCUT2D eigenvalue weighted by molar-refractivity contribution is -0.120. The van der Waals surface area contributed by atoms with E-state index in [-0.39, 0.29) is 23.4 Å². The van der Waals surface area contributed by atoms with E-state index in [4.69, 9.17) is 11.6 Å². The van der Waals surface area contributed by atoms with Crippen molar-refractivity contribution in [3.8, 4) is 0 Å². The minimum atomic E-state index is -4.01. The van der Waals surface area contributed by atoms with Gasteiger partial charge in [0.15, 0.2) is 0 Å². The van der Waals surface area contributed by atoms with Crippen molar-refractivity contribution < 1.29 is 13.2 Å². The summed E-state index contributed by atoms with van der Waals surface area (Å²) in [5.74, 6) is -0.387. The number of aryl methyl sites for hydroxylation is 3. The average Bonchev–Trinajstić information content (AvgIpc) is 2.78. The fourth-order valence-electron chi connectivity index (χ4n) is 3.99. The van der Waals surface area contributed by atoms with Crippen LogP contribution < -0.4 is 9.62 Å². The van der Waals surface area contributed by atoms with Crippen LogP contribution in [0.1, 0.15) is 47.2 Å². The summed E-state index contributed by atoms with van der Waals surface area (Å²) in [4.78, 5) is 13.3. The van der Waals surface area contributed by atoms with Crippen LogP contribution in [0, 0.1) is 27.7 Å². The van der Waals surface area contributed by atoms with E-state index >= 15 is 0 Å². The van der Waals surface area contributed by atoms with Gasteiger partial charge in [-0.1, -0.05) is 66.0 Å². The van der Waals surface area contributed by atoms with Gasteiger partial charge in [-0.2, -0.15) is 0 Å². The third-order valence-corrected chi connectivity index (χ3v) is 8.13. The molecule has 34 heavy (non-hydrogen) atoms. The highest BCUT2D eigenvalue weighted by Crippen LogP contribution is 2.31. The molecule has 0 aliphatic rings. The fraction of sp³-hybridized carbons (Fsp3) is 0.296. The van der Waals surface area contributed by atoms with Crippen molar-refractivity contribution in [1.29, 1.82) is 0 Å². The monoisotopic (exact) mass is 498 g/mol. The molecule has 0 fully saturated rings. The number of carbonyl (C=O) groups is 1. The molecule has 0 saturated heterocycles. The van der Waals surface area contributed by atoms with Crippen molar-refractivity contribution in [2.75, 3.05) is 10.8 Å². The Morgan fingerprint density at radius 3 is 2.24 bits per heavy atom. The van der Waals surface area contributed by atoms with E-state index in [1.54, 1.807) is 49.4 Å². The molecule has 0 saturated carbocycles. The molecule has 0 aromatic heterocycles. The highest BCUT2D eigenvalue weighted by molar-refractivity contribution is 7.92. The molecule has 0 bridgehead atoms. The van der Waals surface area contributed by atoms with E-state index in [9.17, 15) is 13.2 Å². The number of hydrogen-bond acceptors (Lipinski definition) is 3. The van der Waals surface area contributed by atoms with Crippen LogP contribution >= 0.6 is 11.6 Å². The molecular formula is C27H31ClN2O3S. The van der Waals surface area contributed by atoms with E-state index in [0.717, 1.165) is 26.6 Å². The summed E-state index contributed by atoms with van der Waals surface area (Å²) in [6.07, 6.45) is 0.677. The van der Waals surface area contributed by atoms with Gasteiger partial charge in [-0.15, -0.1) is 0 Å². The van der Waals surface area contributed by atoms with Crippen molar-refractivity contribution in [1.82, 2.24) is 5.32 Å². The first-order valence-corrected chi connectivity index (χ1v) is 13.1. The molecule has 3 aromatic carbocycles. The zero-order valence-corrected chi connectivity index (χ0v) is 21.8. The lowest BCUT2D eigenvalue weighted by Gasteiger charge is -2.27. The first-order chi connectivity index (χ1) is 16.0. The molecule has 0 radical (unpaired) electrons. The van der Waals surface area contributed by atoms with Crippen molar-refractivity contribution >= 4 is 33.2 Å². The van der Waals surface area contributed by atoms with Crippen LogP contribution in [0.5, 0.6) is 0 Å². The Hall–Kier alpha value is -2.83. The molecule has 0 aliphatic heterocycles. The Morgan fingerprint density at radius 1 is 0.971 bits per heavy atom. The summed E-state index contributed by atoms with van der Waals surface area (Å²) < 4.78 is 28.5. The lowest BCUT2D eigenvalue weighted by Crippen LogP contribution is -2.42. The van der Waals surface area contributed by atoms with Crippen molar-refractivity contribution in [2.24, 2.45) is 0 Å². The molecule has 1 atom stereocenters. The first kappa shape index (κ1) is 25.8. The number of nitrogens with one attached hydrogen (secondary N) is 1. The maximum absolute atomic E-state index is 13.7. The van der Waals surface area contributed by atoms with E-state index in [2.05, 4.69) is 11.4 Å².